The maximum Gasteiger partial charge on any atom is 0.340 e. The number of fused-ring (bicyclic) bond motifs is 1. The van der Waals surface area contributed by atoms with Crippen LogP contribution in [0, 0.1) is 0 Å². The van der Waals surface area contributed by atoms with Gasteiger partial charge < -0.3 is 20.3 Å². The van der Waals surface area contributed by atoms with E-state index < -0.39 is 30.4 Å². The number of carboxylic acids is 1. The lowest BCUT2D eigenvalue weighted by Crippen LogP contribution is -2.27. The van der Waals surface area contributed by atoms with E-state index in [2.05, 4.69) is 4.84 Å². The third-order valence-electron chi connectivity index (χ3n) is 4.00. The van der Waals surface area contributed by atoms with Gasteiger partial charge in [-0.3, -0.25) is 9.63 Å². The Morgan fingerprint density at radius 1 is 0.933 bits per heavy atom. The molecule has 0 bridgehead atoms. The Balaban J connectivity index is 2.42. The van der Waals surface area contributed by atoms with Gasteiger partial charge in [-0.25, -0.2) is 19.9 Å². The molecule has 0 aliphatic heterocycles. The molecule has 0 aromatic heterocycles. The molecule has 4 N–H and O–H groups in total. The average Bonchev–Trinajstić information content (AvgIpc) is 2.80. The van der Waals surface area contributed by atoms with E-state index >= 15 is 0 Å². The van der Waals surface area contributed by atoms with Crippen molar-refractivity contribution in [2.24, 2.45) is 0 Å². The first-order valence-corrected chi connectivity index (χ1v) is 9.10. The predicted octanol–water partition coefficient (Wildman–Crippen LogP) is 1.40. The van der Waals surface area contributed by atoms with Crippen LogP contribution in [0.25, 0.3) is 11.1 Å². The van der Waals surface area contributed by atoms with Crippen LogP contribution < -0.4 is 11.2 Å². The summed E-state index contributed by atoms with van der Waals surface area (Å²) in [6, 6.07) is 6.27. The number of carboxylic acid groups (broad SMARTS) is 1. The van der Waals surface area contributed by atoms with Crippen LogP contribution in [0.3, 0.4) is 0 Å². The topological polar surface area (TPSA) is 154 Å². The zero-order chi connectivity index (χ0) is 22.3. The fraction of sp³-hybridized carbons (Fsp3) is 0.300. The Morgan fingerprint density at radius 2 is 1.43 bits per heavy atom. The number of hydrogen-bond acceptors (Lipinski definition) is 8. The lowest BCUT2D eigenvalue weighted by atomic mass is 10.1. The number of anilines is 1. The van der Waals surface area contributed by atoms with Gasteiger partial charge >= 0.3 is 17.9 Å². The van der Waals surface area contributed by atoms with E-state index in [0.29, 0.717) is 16.7 Å². The molecule has 0 saturated heterocycles. The van der Waals surface area contributed by atoms with Crippen LogP contribution in [-0.4, -0.2) is 48.7 Å². The number of nitrogens with two attached hydrogens (primary N) is 1. The normalized spacial score (nSPS) is 10.5. The van der Waals surface area contributed by atoms with E-state index in [4.69, 9.17) is 20.3 Å². The van der Waals surface area contributed by atoms with E-state index in [1.165, 1.54) is 0 Å². The van der Waals surface area contributed by atoms with Crippen LogP contribution in [0.15, 0.2) is 24.3 Å². The average molecular weight is 418 g/mol. The zero-order valence-electron chi connectivity index (χ0n) is 16.5. The molecule has 30 heavy (non-hydrogen) atoms. The summed E-state index contributed by atoms with van der Waals surface area (Å²) in [6.45, 7) is 2.87. The number of ether oxygens (including phenoxy) is 2. The molecule has 0 unspecified atom stereocenters. The highest BCUT2D eigenvalue weighted by molar-refractivity contribution is 6.15. The second-order valence-corrected chi connectivity index (χ2v) is 6.06. The minimum Gasteiger partial charge on any atom is -0.479 e. The number of rotatable bonds is 9. The lowest BCUT2D eigenvalue weighted by molar-refractivity contribution is -0.149. The van der Waals surface area contributed by atoms with Crippen molar-refractivity contribution in [2.75, 3.05) is 25.6 Å². The molecule has 0 heterocycles. The number of carbonyl (C=O) groups excluding carboxylic acids is 3. The molecule has 10 nitrogen and oxygen atoms in total. The lowest BCUT2D eigenvalue weighted by Gasteiger charge is -2.04. The van der Waals surface area contributed by atoms with E-state index in [9.17, 15) is 19.2 Å². The smallest absolute Gasteiger partial charge is 0.340 e. The molecule has 0 saturated carbocycles. The molecule has 0 aromatic carbocycles. The van der Waals surface area contributed by atoms with Crippen molar-refractivity contribution in [1.29, 1.82) is 0 Å². The number of hydrogen-bond donors (Lipinski definition) is 3. The maximum atomic E-state index is 12.4. The number of amides is 1. The number of esters is 2. The Labute approximate surface area is 172 Å². The largest absolute Gasteiger partial charge is 0.479 e. The van der Waals surface area contributed by atoms with Gasteiger partial charge in [0.25, 0.3) is 0 Å². The quantitative estimate of drug-likeness (QED) is 0.405. The molecule has 0 radical (unpaired) electrons. The predicted molar refractivity (Wildman–Crippen MR) is 105 cm³/mol. The molecule has 2 rings (SSSR count). The summed E-state index contributed by atoms with van der Waals surface area (Å²) in [5.41, 5.74) is 9.45. The van der Waals surface area contributed by atoms with Crippen molar-refractivity contribution in [3.8, 4) is 11.1 Å². The van der Waals surface area contributed by atoms with Crippen molar-refractivity contribution >= 4 is 29.5 Å². The Bertz CT molecular complexity index is 885. The second kappa shape index (κ2) is 10.2. The van der Waals surface area contributed by atoms with Crippen LogP contribution >= 0.6 is 0 Å². The third-order valence-corrected chi connectivity index (χ3v) is 4.00. The standard InChI is InChI=1S/C20H22N2O8/c1-3-28-19(26)16-12-7-5-11(9-14(23)22-30-10-15(24)25)6-8-13(12)17(18(16)21)20(27)29-4-2/h5-8H,3-4,9-10,21H2,1-2H3,(H,22,23)(H,24,25). The number of nitrogen functional groups attached to an aromatic ring is 1. The first-order valence-electron chi connectivity index (χ1n) is 9.10. The van der Waals surface area contributed by atoms with Crippen molar-refractivity contribution in [3.63, 3.8) is 0 Å². The van der Waals surface area contributed by atoms with Gasteiger partial charge in [-0.2, -0.15) is 0 Å². The van der Waals surface area contributed by atoms with Crippen LogP contribution in [0.5, 0.6) is 0 Å². The van der Waals surface area contributed by atoms with E-state index in [1.54, 1.807) is 38.1 Å². The van der Waals surface area contributed by atoms with E-state index in [1.807, 2.05) is 5.48 Å². The summed E-state index contributed by atoms with van der Waals surface area (Å²) in [4.78, 5) is 51.7. The van der Waals surface area contributed by atoms with Gasteiger partial charge in [0.15, 0.2) is 6.61 Å². The minimum absolute atomic E-state index is 0.0329. The summed E-state index contributed by atoms with van der Waals surface area (Å²) in [6.07, 6.45) is -0.129. The molecular weight excluding hydrogens is 396 g/mol. The number of aliphatic carboxylic acids is 1. The Hall–Kier alpha value is -3.66. The third kappa shape index (κ3) is 5.23. The van der Waals surface area contributed by atoms with Crippen LogP contribution in [-0.2, 0) is 30.3 Å². The van der Waals surface area contributed by atoms with E-state index in [0.717, 1.165) is 0 Å². The summed E-state index contributed by atoms with van der Waals surface area (Å²) in [5.74, 6) is -3.15. The Kier molecular flexibility index (Phi) is 7.70. The zero-order valence-corrected chi connectivity index (χ0v) is 16.5. The number of nitrogens with one attached hydrogen (secondary N) is 1. The fourth-order valence-corrected chi connectivity index (χ4v) is 2.83. The molecule has 0 aromatic rings. The van der Waals surface area contributed by atoms with Crippen molar-refractivity contribution in [2.45, 2.75) is 20.3 Å². The summed E-state index contributed by atoms with van der Waals surface area (Å²) >= 11 is 0. The van der Waals surface area contributed by atoms with Crippen molar-refractivity contribution in [3.05, 3.63) is 41.0 Å². The molecular formula is C20H22N2O8. The summed E-state index contributed by atoms with van der Waals surface area (Å²) in [7, 11) is 0. The summed E-state index contributed by atoms with van der Waals surface area (Å²) < 4.78 is 10.1. The molecule has 160 valence electrons. The van der Waals surface area contributed by atoms with Crippen LogP contribution in [0.1, 0.15) is 40.1 Å². The number of hydroxylamine groups is 1. The maximum absolute atomic E-state index is 12.4. The minimum atomic E-state index is -1.23. The van der Waals surface area contributed by atoms with E-state index in [-0.39, 0.29) is 36.4 Å². The second-order valence-electron chi connectivity index (χ2n) is 6.06. The van der Waals surface area contributed by atoms with Crippen molar-refractivity contribution < 1.29 is 38.6 Å². The molecule has 10 heteroatoms. The van der Waals surface area contributed by atoms with Gasteiger partial charge in [0.2, 0.25) is 5.91 Å². The first kappa shape index (κ1) is 22.6. The molecule has 0 atom stereocenters. The molecule has 2 aliphatic rings. The molecule has 2 aliphatic carbocycles. The van der Waals surface area contributed by atoms with Crippen molar-refractivity contribution in [1.82, 2.24) is 5.48 Å². The molecule has 0 fully saturated rings. The highest BCUT2D eigenvalue weighted by Crippen LogP contribution is 2.39. The van der Waals surface area contributed by atoms with Gasteiger partial charge in [-0.05, 0) is 30.5 Å². The van der Waals surface area contributed by atoms with Gasteiger partial charge in [0.1, 0.15) is 0 Å². The highest BCUT2D eigenvalue weighted by Gasteiger charge is 2.30. The van der Waals surface area contributed by atoms with Crippen LogP contribution in [0.4, 0.5) is 5.69 Å². The monoisotopic (exact) mass is 418 g/mol. The number of carbonyl (C=O) groups is 4. The Morgan fingerprint density at radius 3 is 1.87 bits per heavy atom. The highest BCUT2D eigenvalue weighted by atomic mass is 16.7. The van der Waals surface area contributed by atoms with Gasteiger partial charge in [0, 0.05) is 0 Å². The van der Waals surface area contributed by atoms with Crippen LogP contribution in [0.2, 0.25) is 0 Å². The molecule has 1 amide bonds. The molecule has 0 spiro atoms. The fourth-order valence-electron chi connectivity index (χ4n) is 2.83. The van der Waals surface area contributed by atoms with Gasteiger partial charge in [-0.15, -0.1) is 0 Å². The van der Waals surface area contributed by atoms with Gasteiger partial charge in [-0.1, -0.05) is 24.3 Å². The van der Waals surface area contributed by atoms with Gasteiger partial charge in [0.05, 0.1) is 36.4 Å². The SMILES string of the molecule is CCOC(=O)c1c2ccc(CC(=O)NOCC(=O)O)ccc-2c(C(=O)OCC)c1N. The summed E-state index contributed by atoms with van der Waals surface area (Å²) in [5, 5.41) is 8.51. The first-order chi connectivity index (χ1) is 14.3.